The first-order chi connectivity index (χ1) is 9.44. The van der Waals surface area contributed by atoms with Gasteiger partial charge in [0.25, 0.3) is 0 Å². The molecule has 0 aliphatic carbocycles. The normalized spacial score (nSPS) is 12.1. The molecule has 0 radical (unpaired) electrons. The van der Waals surface area contributed by atoms with Crippen LogP contribution in [0.5, 0.6) is 0 Å². The van der Waals surface area contributed by atoms with Crippen LogP contribution in [-0.2, 0) is 23.2 Å². The second-order valence-electron chi connectivity index (χ2n) is 3.88. The summed E-state index contributed by atoms with van der Waals surface area (Å²) < 4.78 is 19.6. The molecule has 0 saturated heterocycles. The Kier molecular flexibility index (Phi) is 8.78. The summed E-state index contributed by atoms with van der Waals surface area (Å²) in [6, 6.07) is 0. The van der Waals surface area contributed by atoms with Gasteiger partial charge in [-0.2, -0.15) is 0 Å². The first-order valence-corrected chi connectivity index (χ1v) is 6.82. The molecule has 0 saturated carbocycles. The van der Waals surface area contributed by atoms with Gasteiger partial charge in [-0.05, 0) is 0 Å². The molecule has 128 valence electrons. The number of rotatable bonds is 6. The van der Waals surface area contributed by atoms with Crippen molar-refractivity contribution in [2.75, 3.05) is 27.2 Å². The molecule has 0 aromatic heterocycles. The van der Waals surface area contributed by atoms with Crippen molar-refractivity contribution in [1.29, 1.82) is 10.8 Å². The second kappa shape index (κ2) is 8.81. The molecule has 14 heteroatoms. The lowest BCUT2D eigenvalue weighted by Gasteiger charge is -2.18. The Morgan fingerprint density at radius 2 is 1.32 bits per heavy atom. The number of nitrogens with two attached hydrogens (primary N) is 2. The molecule has 22 heavy (non-hydrogen) atoms. The highest BCUT2D eigenvalue weighted by molar-refractivity contribution is 7.48. The zero-order valence-corrected chi connectivity index (χ0v) is 12.8. The van der Waals surface area contributed by atoms with Crippen LogP contribution >= 0.6 is 7.82 Å². The Morgan fingerprint density at radius 3 is 1.55 bits per heavy atom. The van der Waals surface area contributed by atoms with E-state index >= 15 is 0 Å². The molecule has 0 aliphatic heterocycles. The fourth-order valence-electron chi connectivity index (χ4n) is 0.891. The van der Waals surface area contributed by atoms with Crippen LogP contribution in [-0.4, -0.2) is 71.2 Å². The Morgan fingerprint density at radius 1 is 1.05 bits per heavy atom. The van der Waals surface area contributed by atoms with E-state index in [-0.39, 0.29) is 5.48 Å². The van der Waals surface area contributed by atoms with E-state index in [1.807, 2.05) is 0 Å². The molecular formula is C8H19N6O7P. The van der Waals surface area contributed by atoms with Gasteiger partial charge in [0, 0.05) is 14.1 Å². The number of hydrogen-bond donors (Lipinski definition) is 5. The van der Waals surface area contributed by atoms with Gasteiger partial charge in [0.2, 0.25) is 0 Å². The smallest absolute Gasteiger partial charge is 0.412 e. The third kappa shape index (κ3) is 8.73. The van der Waals surface area contributed by atoms with Crippen LogP contribution in [0.3, 0.4) is 0 Å². The van der Waals surface area contributed by atoms with Crippen molar-refractivity contribution < 1.29 is 33.6 Å². The Labute approximate surface area is 125 Å². The quantitative estimate of drug-likeness (QED) is 0.186. The average Bonchev–Trinajstić information content (AvgIpc) is 2.25. The minimum Gasteiger partial charge on any atom is -0.412 e. The van der Waals surface area contributed by atoms with Crippen LogP contribution in [0.15, 0.2) is 0 Å². The number of carbonyl (C=O) groups is 2. The van der Waals surface area contributed by atoms with Gasteiger partial charge >= 0.3 is 19.8 Å². The minimum atomic E-state index is -4.95. The number of hydrogen-bond acceptors (Lipinski definition) is 7. The van der Waals surface area contributed by atoms with Crippen LogP contribution in [0.25, 0.3) is 0 Å². The van der Waals surface area contributed by atoms with Crippen LogP contribution in [0.2, 0.25) is 0 Å². The summed E-state index contributed by atoms with van der Waals surface area (Å²) in [4.78, 5) is 33.7. The molecule has 13 nitrogen and oxygen atoms in total. The van der Waals surface area contributed by atoms with E-state index in [2.05, 4.69) is 9.05 Å². The van der Waals surface area contributed by atoms with Gasteiger partial charge < -0.3 is 35.8 Å². The largest absolute Gasteiger partial charge is 0.589 e. The first kappa shape index (κ1) is 21.9. The molecule has 0 spiro atoms. The van der Waals surface area contributed by atoms with E-state index < -0.39 is 44.8 Å². The Bertz CT molecular complexity index is 457. The van der Waals surface area contributed by atoms with E-state index in [1.165, 1.54) is 14.1 Å². The highest BCUT2D eigenvalue weighted by Gasteiger charge is 2.31. The zero-order valence-electron chi connectivity index (χ0n) is 11.9. The molecule has 0 bridgehead atoms. The number of guanidine groups is 2. The van der Waals surface area contributed by atoms with Crippen molar-refractivity contribution in [3.8, 4) is 0 Å². The summed E-state index contributed by atoms with van der Waals surface area (Å²) in [5.41, 5.74) is 10.1. The third-order valence-corrected chi connectivity index (χ3v) is 2.86. The number of likely N-dealkylation sites (N-methyl/N-ethyl adjacent to an activating group) is 2. The van der Waals surface area contributed by atoms with E-state index in [1.54, 1.807) is 0 Å². The maximum absolute atomic E-state index is 11.4. The van der Waals surface area contributed by atoms with Crippen molar-refractivity contribution in [3.63, 3.8) is 0 Å². The predicted molar refractivity (Wildman–Crippen MR) is 74.7 cm³/mol. The Balaban J connectivity index is 0. The number of nitrogens with zero attached hydrogens (tertiary/aromatic N) is 2. The van der Waals surface area contributed by atoms with Crippen molar-refractivity contribution in [2.24, 2.45) is 11.5 Å². The lowest BCUT2D eigenvalue weighted by Crippen LogP contribution is -2.38. The van der Waals surface area contributed by atoms with Crippen molar-refractivity contribution in [2.45, 2.75) is 0 Å². The highest BCUT2D eigenvalue weighted by Crippen LogP contribution is 2.43. The van der Waals surface area contributed by atoms with Crippen LogP contribution < -0.4 is 11.5 Å². The van der Waals surface area contributed by atoms with Gasteiger partial charge in [-0.15, -0.1) is 0 Å². The van der Waals surface area contributed by atoms with Gasteiger partial charge in [-0.3, -0.25) is 15.7 Å². The van der Waals surface area contributed by atoms with Gasteiger partial charge in [0.05, 0.1) is 0 Å². The average molecular weight is 342 g/mol. The summed E-state index contributed by atoms with van der Waals surface area (Å²) >= 11 is 0. The molecule has 0 aromatic carbocycles. The lowest BCUT2D eigenvalue weighted by molar-refractivity contribution is -0.140. The molecule has 0 unspecified atom stereocenters. The molecule has 0 atom stereocenters. The topological polar surface area (TPSA) is 228 Å². The number of phosphoric acid groups is 1. The molecular weight excluding hydrogens is 323 g/mol. The predicted octanol–water partition coefficient (Wildman–Crippen LogP) is -3.00. The van der Waals surface area contributed by atoms with Crippen molar-refractivity contribution in [3.05, 3.63) is 0 Å². The van der Waals surface area contributed by atoms with E-state index in [0.717, 1.165) is 9.80 Å². The van der Waals surface area contributed by atoms with Crippen molar-refractivity contribution in [1.82, 2.24) is 9.80 Å². The van der Waals surface area contributed by atoms with Gasteiger partial charge in [0.15, 0.2) is 11.9 Å². The zero-order chi connectivity index (χ0) is 16.8. The molecule has 0 amide bonds. The van der Waals surface area contributed by atoms with E-state index in [0.29, 0.717) is 0 Å². The molecule has 0 aromatic rings. The molecule has 0 heterocycles. The van der Waals surface area contributed by atoms with Gasteiger partial charge in [-0.1, -0.05) is 0 Å². The van der Waals surface area contributed by atoms with Gasteiger partial charge in [-0.25, -0.2) is 14.2 Å². The maximum atomic E-state index is 11.4. The summed E-state index contributed by atoms with van der Waals surface area (Å²) in [7, 11) is -2.40. The second-order valence-corrected chi connectivity index (χ2v) is 5.18. The Hall–Kier alpha value is -2.37. The van der Waals surface area contributed by atoms with Gasteiger partial charge in [0.1, 0.15) is 13.1 Å². The van der Waals surface area contributed by atoms with Crippen LogP contribution in [0.4, 0.5) is 0 Å². The summed E-state index contributed by atoms with van der Waals surface area (Å²) in [6.45, 7) is -1.16. The fraction of sp³-hybridized carbons (Fsp3) is 0.500. The van der Waals surface area contributed by atoms with Crippen LogP contribution in [0.1, 0.15) is 0 Å². The van der Waals surface area contributed by atoms with Crippen molar-refractivity contribution >= 4 is 31.7 Å². The lowest BCUT2D eigenvalue weighted by atomic mass is 10.6. The maximum Gasteiger partial charge on any atom is 0.589 e. The minimum absolute atomic E-state index is 0. The highest BCUT2D eigenvalue weighted by atomic mass is 31.2. The molecule has 0 aliphatic rings. The summed E-state index contributed by atoms with van der Waals surface area (Å²) in [6.07, 6.45) is 0. The van der Waals surface area contributed by atoms with E-state index in [4.69, 9.17) is 22.3 Å². The van der Waals surface area contributed by atoms with E-state index in [9.17, 15) is 19.0 Å². The SMILES string of the molecule is CN(CC(=O)OP(=O)(O)OC(=O)CN(C)C(=N)N)C(=N)N.O. The number of phosphoric ester groups is 1. The number of nitrogens with one attached hydrogen (secondary N) is 2. The fourth-order valence-corrected chi connectivity index (χ4v) is 1.56. The standard InChI is InChI=1S/C8H17N6O6P.H2O/c1-13(7(9)10)3-5(15)19-21(17,18)20-6(16)4-14(2)8(11)12;/h3-4H2,1-2H3,(H3,9,10)(H3,11,12)(H,17,18);1H2. The summed E-state index contributed by atoms with van der Waals surface area (Å²) in [5, 5.41) is 14.0. The first-order valence-electron chi connectivity index (χ1n) is 5.32. The molecule has 0 fully saturated rings. The van der Waals surface area contributed by atoms with Crippen LogP contribution in [0, 0.1) is 10.8 Å². The summed E-state index contributed by atoms with van der Waals surface area (Å²) in [5.74, 6) is -3.35. The molecule has 9 N–H and O–H groups in total. The molecule has 0 rings (SSSR count). The number of carbonyl (C=O) groups excluding carboxylic acids is 2. The monoisotopic (exact) mass is 342 g/mol. The third-order valence-electron chi connectivity index (χ3n) is 1.99.